The molecular formula is C14H12N2O4. The first-order valence-corrected chi connectivity index (χ1v) is 5.84. The summed E-state index contributed by atoms with van der Waals surface area (Å²) in [4.78, 5) is 22.2. The van der Waals surface area contributed by atoms with Crippen LogP contribution in [0.5, 0.6) is 0 Å². The lowest BCUT2D eigenvalue weighted by Crippen LogP contribution is -2.10. The molecular weight excluding hydrogens is 260 g/mol. The molecule has 6 nitrogen and oxygen atoms in total. The van der Waals surface area contributed by atoms with E-state index in [4.69, 9.17) is 4.42 Å². The molecule has 20 heavy (non-hydrogen) atoms. The lowest BCUT2D eigenvalue weighted by molar-refractivity contribution is -0.384. The minimum atomic E-state index is -0.529. The topological polar surface area (TPSA) is 85.4 Å². The van der Waals surface area contributed by atoms with E-state index >= 15 is 0 Å². The highest BCUT2D eigenvalue weighted by atomic mass is 16.6. The molecule has 1 aromatic heterocycles. The van der Waals surface area contributed by atoms with Gasteiger partial charge in [0.25, 0.3) is 5.69 Å². The summed E-state index contributed by atoms with van der Waals surface area (Å²) in [5.41, 5.74) is 0.690. The fraction of sp³-hybridized carbons (Fsp3) is 0.0714. The van der Waals surface area contributed by atoms with Crippen LogP contribution in [-0.4, -0.2) is 10.8 Å². The highest BCUT2D eigenvalue weighted by Gasteiger charge is 2.16. The molecule has 0 unspecified atom stereocenters. The Labute approximate surface area is 114 Å². The Kier molecular flexibility index (Phi) is 3.95. The first-order chi connectivity index (χ1) is 9.58. The van der Waals surface area contributed by atoms with E-state index in [9.17, 15) is 14.9 Å². The van der Waals surface area contributed by atoms with E-state index < -0.39 is 10.8 Å². The second-order valence-corrected chi connectivity index (χ2v) is 4.06. The van der Waals surface area contributed by atoms with Gasteiger partial charge in [0, 0.05) is 12.1 Å². The normalized spacial score (nSPS) is 10.7. The molecule has 1 N–H and O–H groups in total. The van der Waals surface area contributed by atoms with Gasteiger partial charge in [0.2, 0.25) is 5.91 Å². The first-order valence-electron chi connectivity index (χ1n) is 5.84. The second-order valence-electron chi connectivity index (χ2n) is 4.06. The van der Waals surface area contributed by atoms with Crippen molar-refractivity contribution in [1.82, 2.24) is 0 Å². The van der Waals surface area contributed by atoms with Crippen molar-refractivity contribution in [2.24, 2.45) is 0 Å². The number of hydrogen-bond donors (Lipinski definition) is 1. The average Bonchev–Trinajstić information content (AvgIpc) is 2.91. The van der Waals surface area contributed by atoms with Crippen LogP contribution in [0.2, 0.25) is 0 Å². The monoisotopic (exact) mass is 272 g/mol. The molecule has 1 aromatic carbocycles. The number of nitro groups is 1. The van der Waals surface area contributed by atoms with E-state index in [0.29, 0.717) is 11.3 Å². The van der Waals surface area contributed by atoms with Crippen molar-refractivity contribution >= 4 is 23.4 Å². The van der Waals surface area contributed by atoms with Crippen LogP contribution in [0.3, 0.4) is 0 Å². The fourth-order valence-electron chi connectivity index (χ4n) is 1.68. The summed E-state index contributed by atoms with van der Waals surface area (Å²) in [6.45, 7) is 1.69. The van der Waals surface area contributed by atoms with Crippen LogP contribution in [0, 0.1) is 17.0 Å². The first kappa shape index (κ1) is 13.5. The standard InChI is InChI=1S/C14H12N2O4/c1-10-4-2-6-12(16(18)19)14(10)15-13(17)8-7-11-5-3-9-20-11/h2-9H,1H3,(H,15,17)/b8-7+. The van der Waals surface area contributed by atoms with Gasteiger partial charge < -0.3 is 9.73 Å². The molecule has 0 bridgehead atoms. The second kappa shape index (κ2) is 5.83. The SMILES string of the molecule is Cc1cccc([N+](=O)[O-])c1NC(=O)/C=C/c1ccco1. The number of carbonyl (C=O) groups excluding carboxylic acids is 1. The molecule has 102 valence electrons. The van der Waals surface area contributed by atoms with Gasteiger partial charge >= 0.3 is 0 Å². The maximum atomic E-state index is 11.8. The molecule has 1 amide bonds. The third-order valence-corrected chi connectivity index (χ3v) is 2.64. The number of nitrogens with one attached hydrogen (secondary N) is 1. The van der Waals surface area contributed by atoms with Crippen LogP contribution in [0.4, 0.5) is 11.4 Å². The maximum absolute atomic E-state index is 11.8. The van der Waals surface area contributed by atoms with E-state index in [0.717, 1.165) is 0 Å². The van der Waals surface area contributed by atoms with Gasteiger partial charge in [-0.3, -0.25) is 14.9 Å². The Balaban J connectivity index is 2.18. The predicted molar refractivity (Wildman–Crippen MR) is 74.2 cm³/mol. The minimum absolute atomic E-state index is 0.134. The zero-order valence-corrected chi connectivity index (χ0v) is 10.7. The number of para-hydroxylation sites is 1. The highest BCUT2D eigenvalue weighted by Crippen LogP contribution is 2.27. The van der Waals surface area contributed by atoms with E-state index in [1.165, 1.54) is 24.5 Å². The molecule has 2 rings (SSSR count). The van der Waals surface area contributed by atoms with Crippen molar-refractivity contribution in [3.63, 3.8) is 0 Å². The summed E-state index contributed by atoms with van der Waals surface area (Å²) in [6, 6.07) is 8.00. The molecule has 6 heteroatoms. The summed E-state index contributed by atoms with van der Waals surface area (Å²) < 4.78 is 5.04. The number of carbonyl (C=O) groups is 1. The van der Waals surface area contributed by atoms with E-state index in [-0.39, 0.29) is 11.4 Å². The molecule has 0 aliphatic heterocycles. The Morgan fingerprint density at radius 1 is 1.35 bits per heavy atom. The van der Waals surface area contributed by atoms with Gasteiger partial charge in [-0.25, -0.2) is 0 Å². The van der Waals surface area contributed by atoms with E-state index in [1.807, 2.05) is 0 Å². The number of furan rings is 1. The van der Waals surface area contributed by atoms with Crippen LogP contribution < -0.4 is 5.32 Å². The number of hydrogen-bond acceptors (Lipinski definition) is 4. The van der Waals surface area contributed by atoms with E-state index in [2.05, 4.69) is 5.32 Å². The molecule has 0 saturated heterocycles. The lowest BCUT2D eigenvalue weighted by atomic mass is 10.1. The number of aryl methyl sites for hydroxylation is 1. The number of amides is 1. The molecule has 0 radical (unpaired) electrons. The van der Waals surface area contributed by atoms with Crippen molar-refractivity contribution in [3.05, 3.63) is 64.1 Å². The summed E-state index contributed by atoms with van der Waals surface area (Å²) in [5.74, 6) is 0.0678. The predicted octanol–water partition coefficient (Wildman–Crippen LogP) is 3.15. The number of anilines is 1. The molecule has 0 fully saturated rings. The average molecular weight is 272 g/mol. The van der Waals surface area contributed by atoms with Crippen molar-refractivity contribution < 1.29 is 14.1 Å². The molecule has 0 saturated carbocycles. The Morgan fingerprint density at radius 3 is 2.80 bits per heavy atom. The molecule has 1 heterocycles. The third kappa shape index (κ3) is 3.11. The van der Waals surface area contributed by atoms with Gasteiger partial charge in [-0.05, 0) is 30.7 Å². The lowest BCUT2D eigenvalue weighted by Gasteiger charge is -2.06. The number of benzene rings is 1. The Hall–Kier alpha value is -2.89. The van der Waals surface area contributed by atoms with Gasteiger partial charge in [0.1, 0.15) is 11.4 Å². The molecule has 0 spiro atoms. The van der Waals surface area contributed by atoms with Crippen molar-refractivity contribution in [1.29, 1.82) is 0 Å². The van der Waals surface area contributed by atoms with Crippen molar-refractivity contribution in [2.45, 2.75) is 6.92 Å². The maximum Gasteiger partial charge on any atom is 0.293 e. The smallest absolute Gasteiger partial charge is 0.293 e. The number of rotatable bonds is 4. The van der Waals surface area contributed by atoms with Crippen LogP contribution in [0.15, 0.2) is 47.1 Å². The summed E-state index contributed by atoms with van der Waals surface area (Å²) in [6.07, 6.45) is 4.23. The number of nitrogens with zero attached hydrogens (tertiary/aromatic N) is 1. The quantitative estimate of drug-likeness (QED) is 0.526. The van der Waals surface area contributed by atoms with Gasteiger partial charge in [0.15, 0.2) is 0 Å². The largest absolute Gasteiger partial charge is 0.465 e. The zero-order chi connectivity index (χ0) is 14.5. The Morgan fingerprint density at radius 2 is 2.15 bits per heavy atom. The van der Waals surface area contributed by atoms with Crippen molar-refractivity contribution in [3.8, 4) is 0 Å². The summed E-state index contributed by atoms with van der Waals surface area (Å²) in [5, 5.41) is 13.4. The molecule has 0 aliphatic rings. The van der Waals surface area contributed by atoms with Gasteiger partial charge in [-0.15, -0.1) is 0 Å². The van der Waals surface area contributed by atoms with Gasteiger partial charge in [0.05, 0.1) is 11.2 Å². The van der Waals surface area contributed by atoms with Crippen LogP contribution >= 0.6 is 0 Å². The van der Waals surface area contributed by atoms with Crippen LogP contribution in [0.25, 0.3) is 6.08 Å². The van der Waals surface area contributed by atoms with Gasteiger partial charge in [-0.2, -0.15) is 0 Å². The van der Waals surface area contributed by atoms with Crippen molar-refractivity contribution in [2.75, 3.05) is 5.32 Å². The molecule has 0 aliphatic carbocycles. The van der Waals surface area contributed by atoms with Crippen LogP contribution in [0.1, 0.15) is 11.3 Å². The zero-order valence-electron chi connectivity index (χ0n) is 10.7. The fourth-order valence-corrected chi connectivity index (χ4v) is 1.68. The Bertz CT molecular complexity index is 660. The third-order valence-electron chi connectivity index (χ3n) is 2.64. The summed E-state index contributed by atoms with van der Waals surface area (Å²) >= 11 is 0. The summed E-state index contributed by atoms with van der Waals surface area (Å²) in [7, 11) is 0. The molecule has 2 aromatic rings. The van der Waals surface area contributed by atoms with Crippen LogP contribution in [-0.2, 0) is 4.79 Å². The number of nitro benzene ring substituents is 1. The van der Waals surface area contributed by atoms with Gasteiger partial charge in [-0.1, -0.05) is 12.1 Å². The minimum Gasteiger partial charge on any atom is -0.465 e. The molecule has 0 atom stereocenters. The highest BCUT2D eigenvalue weighted by molar-refractivity contribution is 6.03. The van der Waals surface area contributed by atoms with E-state index in [1.54, 1.807) is 31.2 Å².